The number of rotatable bonds is 6. The fourth-order valence-corrected chi connectivity index (χ4v) is 3.98. The number of pyridine rings is 1. The van der Waals surface area contributed by atoms with Crippen molar-refractivity contribution in [2.75, 3.05) is 22.6 Å². The van der Waals surface area contributed by atoms with Gasteiger partial charge in [0.1, 0.15) is 23.2 Å². The Morgan fingerprint density at radius 1 is 1.17 bits per heavy atom. The zero-order valence-electron chi connectivity index (χ0n) is 20.6. The van der Waals surface area contributed by atoms with Crippen LogP contribution in [0.5, 0.6) is 0 Å². The Morgan fingerprint density at radius 3 is 2.56 bits per heavy atom. The smallest absolute Gasteiger partial charge is 0.384 e. The van der Waals surface area contributed by atoms with Crippen molar-refractivity contribution in [3.63, 3.8) is 0 Å². The van der Waals surface area contributed by atoms with Crippen LogP contribution in [-0.4, -0.2) is 54.3 Å². The zero-order valence-corrected chi connectivity index (χ0v) is 20.6. The predicted octanol–water partition coefficient (Wildman–Crippen LogP) is 2.85. The topological polar surface area (TPSA) is 124 Å². The van der Waals surface area contributed by atoms with E-state index >= 15 is 0 Å². The van der Waals surface area contributed by atoms with E-state index in [0.717, 1.165) is 11.6 Å². The molecule has 3 aromatic rings. The number of aryl methyl sites for hydroxylation is 1. The van der Waals surface area contributed by atoms with Gasteiger partial charge in [-0.25, -0.2) is 9.97 Å². The molecule has 194 valence electrons. The number of fused-ring (bicyclic) bond motifs is 1. The van der Waals surface area contributed by atoms with Crippen LogP contribution in [-0.2, 0) is 24.9 Å². The molecule has 4 heterocycles. The van der Waals surface area contributed by atoms with E-state index in [9.17, 15) is 23.4 Å². The molecule has 10 nitrogen and oxygen atoms in total. The third-order valence-corrected chi connectivity index (χ3v) is 6.08. The molecular formula is C23H29F3N8O2. The fourth-order valence-electron chi connectivity index (χ4n) is 3.98. The van der Waals surface area contributed by atoms with Gasteiger partial charge >= 0.3 is 6.18 Å². The minimum Gasteiger partial charge on any atom is -0.384 e. The van der Waals surface area contributed by atoms with E-state index in [0.29, 0.717) is 35.3 Å². The maximum atomic E-state index is 13.1. The van der Waals surface area contributed by atoms with Gasteiger partial charge in [-0.05, 0) is 39.3 Å². The molecule has 0 saturated carbocycles. The van der Waals surface area contributed by atoms with E-state index in [4.69, 9.17) is 0 Å². The third-order valence-electron chi connectivity index (χ3n) is 6.08. The molecule has 2 atom stereocenters. The number of alkyl halides is 3. The average Bonchev–Trinajstić information content (AvgIpc) is 3.23. The summed E-state index contributed by atoms with van der Waals surface area (Å²) in [6, 6.07) is 2.04. The van der Waals surface area contributed by atoms with Gasteiger partial charge in [-0.3, -0.25) is 4.68 Å². The molecular weight excluding hydrogens is 477 g/mol. The van der Waals surface area contributed by atoms with Crippen LogP contribution >= 0.6 is 0 Å². The molecule has 13 heteroatoms. The molecule has 0 radical (unpaired) electrons. The number of anilines is 3. The van der Waals surface area contributed by atoms with Crippen molar-refractivity contribution in [1.82, 2.24) is 24.7 Å². The fraction of sp³-hybridized carbons (Fsp3) is 0.478. The number of nitrogens with zero attached hydrogens (tertiary/aromatic N) is 6. The lowest BCUT2D eigenvalue weighted by molar-refractivity contribution is -0.141. The summed E-state index contributed by atoms with van der Waals surface area (Å²) < 4.78 is 40.9. The van der Waals surface area contributed by atoms with E-state index in [1.165, 1.54) is 19.9 Å². The highest BCUT2D eigenvalue weighted by Gasteiger charge is 2.35. The van der Waals surface area contributed by atoms with Crippen molar-refractivity contribution in [3.05, 3.63) is 52.7 Å². The summed E-state index contributed by atoms with van der Waals surface area (Å²) in [4.78, 5) is 14.6. The molecule has 1 aliphatic heterocycles. The van der Waals surface area contributed by atoms with Gasteiger partial charge in [0.15, 0.2) is 5.82 Å². The van der Waals surface area contributed by atoms with Crippen molar-refractivity contribution in [1.29, 1.82) is 0 Å². The number of halogens is 3. The predicted molar refractivity (Wildman–Crippen MR) is 127 cm³/mol. The lowest BCUT2D eigenvalue weighted by Crippen LogP contribution is -2.48. The third kappa shape index (κ3) is 5.21. The molecule has 0 saturated heterocycles. The van der Waals surface area contributed by atoms with Gasteiger partial charge in [-0.2, -0.15) is 23.3 Å². The molecule has 0 fully saturated rings. The van der Waals surface area contributed by atoms with Gasteiger partial charge in [0.2, 0.25) is 5.95 Å². The standard InChI is InChI=1S/C23H29F3N8O2/c1-12-17-19(33(5)13(2)20(35)31-17)32-21(29-12)27-8-14-9-28-34(10-14)11-15-6-7-16(23(24,25)26)30-18(15)22(3,4)36/h6-7,9-10,13,20,31,35-36H,8,11H2,1-5H3,(H,27,29,32)/t13-,20?/m0/s1. The van der Waals surface area contributed by atoms with Crippen LogP contribution in [0.25, 0.3) is 0 Å². The molecule has 0 spiro atoms. The summed E-state index contributed by atoms with van der Waals surface area (Å²) in [6.07, 6.45) is -1.96. The van der Waals surface area contributed by atoms with Gasteiger partial charge in [0.05, 0.1) is 30.2 Å². The number of aromatic nitrogens is 5. The van der Waals surface area contributed by atoms with Gasteiger partial charge in [0.25, 0.3) is 0 Å². The second kappa shape index (κ2) is 9.21. The lowest BCUT2D eigenvalue weighted by Gasteiger charge is -2.37. The first-order chi connectivity index (χ1) is 16.7. The van der Waals surface area contributed by atoms with E-state index in [-0.39, 0.29) is 18.3 Å². The molecule has 0 aliphatic carbocycles. The van der Waals surface area contributed by atoms with Crippen molar-refractivity contribution < 1.29 is 23.4 Å². The van der Waals surface area contributed by atoms with Crippen LogP contribution in [0.3, 0.4) is 0 Å². The van der Waals surface area contributed by atoms with Crippen LogP contribution in [0.2, 0.25) is 0 Å². The average molecular weight is 507 g/mol. The second-order valence-electron chi connectivity index (χ2n) is 9.43. The van der Waals surface area contributed by atoms with Crippen molar-refractivity contribution in [3.8, 4) is 0 Å². The molecule has 36 heavy (non-hydrogen) atoms. The number of hydrogen-bond acceptors (Lipinski definition) is 9. The van der Waals surface area contributed by atoms with Gasteiger partial charge in [-0.15, -0.1) is 0 Å². The summed E-state index contributed by atoms with van der Waals surface area (Å²) in [5.74, 6) is 1.08. The van der Waals surface area contributed by atoms with Crippen LogP contribution in [0, 0.1) is 6.92 Å². The Balaban J connectivity index is 1.49. The monoisotopic (exact) mass is 506 g/mol. The van der Waals surface area contributed by atoms with Crippen LogP contribution in [0.15, 0.2) is 24.5 Å². The Labute approximate surface area is 206 Å². The first kappa shape index (κ1) is 25.6. The molecule has 4 N–H and O–H groups in total. The molecule has 0 amide bonds. The van der Waals surface area contributed by atoms with Crippen molar-refractivity contribution >= 4 is 17.5 Å². The number of aliphatic hydroxyl groups is 2. The Bertz CT molecular complexity index is 1260. The van der Waals surface area contributed by atoms with E-state index < -0.39 is 23.7 Å². The first-order valence-electron chi connectivity index (χ1n) is 11.4. The molecule has 3 aromatic heterocycles. The van der Waals surface area contributed by atoms with Gasteiger partial charge in [-0.1, -0.05) is 6.07 Å². The Kier molecular flexibility index (Phi) is 6.56. The Hall–Kier alpha value is -3.45. The zero-order chi connectivity index (χ0) is 26.4. The molecule has 1 aliphatic rings. The van der Waals surface area contributed by atoms with E-state index in [1.807, 2.05) is 25.8 Å². The van der Waals surface area contributed by atoms with Crippen LogP contribution < -0.4 is 15.5 Å². The normalized spacial score (nSPS) is 18.1. The summed E-state index contributed by atoms with van der Waals surface area (Å²) in [5, 5.41) is 31.0. The molecule has 0 bridgehead atoms. The molecule has 0 aromatic carbocycles. The van der Waals surface area contributed by atoms with Crippen molar-refractivity contribution in [2.45, 2.75) is 64.8 Å². The number of hydrogen-bond donors (Lipinski definition) is 4. The maximum Gasteiger partial charge on any atom is 0.433 e. The van der Waals surface area contributed by atoms with Crippen LogP contribution in [0.1, 0.15) is 49.0 Å². The lowest BCUT2D eigenvalue weighted by atomic mass is 9.98. The molecule has 1 unspecified atom stereocenters. The van der Waals surface area contributed by atoms with E-state index in [2.05, 4.69) is 30.7 Å². The maximum absolute atomic E-state index is 13.1. The highest BCUT2D eigenvalue weighted by atomic mass is 19.4. The van der Waals surface area contributed by atoms with Crippen LogP contribution in [0.4, 0.5) is 30.6 Å². The highest BCUT2D eigenvalue weighted by molar-refractivity contribution is 5.72. The number of likely N-dealkylation sites (N-methyl/N-ethyl adjacent to an activating group) is 1. The summed E-state index contributed by atoms with van der Waals surface area (Å²) >= 11 is 0. The van der Waals surface area contributed by atoms with Gasteiger partial charge < -0.3 is 25.7 Å². The summed E-state index contributed by atoms with van der Waals surface area (Å²) in [6.45, 7) is 6.99. The highest BCUT2D eigenvalue weighted by Crippen LogP contribution is 2.34. The largest absolute Gasteiger partial charge is 0.433 e. The van der Waals surface area contributed by atoms with Gasteiger partial charge in [0, 0.05) is 25.4 Å². The number of aliphatic hydroxyl groups excluding tert-OH is 1. The summed E-state index contributed by atoms with van der Waals surface area (Å²) in [5.41, 5.74) is -0.0845. The minimum absolute atomic E-state index is 0.0532. The Morgan fingerprint density at radius 2 is 1.89 bits per heavy atom. The van der Waals surface area contributed by atoms with E-state index in [1.54, 1.807) is 17.1 Å². The minimum atomic E-state index is -4.61. The first-order valence-corrected chi connectivity index (χ1v) is 11.4. The number of nitrogens with one attached hydrogen (secondary N) is 2. The molecule has 4 rings (SSSR count). The SMILES string of the molecule is Cc1nc(NCc2cnn(Cc3ccc(C(F)(F)F)nc3C(C)(C)O)c2)nc2c1NC(O)[C@H](C)N2C. The second-order valence-corrected chi connectivity index (χ2v) is 9.43. The summed E-state index contributed by atoms with van der Waals surface area (Å²) in [7, 11) is 1.85. The van der Waals surface area contributed by atoms with Crippen molar-refractivity contribution in [2.24, 2.45) is 0 Å². The quantitative estimate of drug-likeness (QED) is 0.400.